The molecular formula is C14H29P. The van der Waals surface area contributed by atoms with E-state index in [1.165, 1.54) is 83.5 Å². The molecule has 0 radical (unpaired) electrons. The minimum absolute atomic E-state index is 0.910. The lowest BCUT2D eigenvalue weighted by atomic mass is 10.0. The van der Waals surface area contributed by atoms with Gasteiger partial charge in [0.2, 0.25) is 0 Å². The molecule has 1 rings (SSSR count). The lowest BCUT2D eigenvalue weighted by molar-refractivity contribution is 0.509. The van der Waals surface area contributed by atoms with Gasteiger partial charge in [0, 0.05) is 0 Å². The Labute approximate surface area is 98.8 Å². The normalized spacial score (nSPS) is 24.6. The Kier molecular flexibility index (Phi) is 8.67. The molecule has 0 aromatic heterocycles. The van der Waals surface area contributed by atoms with Crippen LogP contribution in [-0.4, -0.2) is 5.66 Å². The average Bonchev–Trinajstić information content (AvgIpc) is 2.24. The van der Waals surface area contributed by atoms with Gasteiger partial charge in [-0.25, -0.2) is 0 Å². The van der Waals surface area contributed by atoms with Crippen molar-refractivity contribution in [3.63, 3.8) is 0 Å². The van der Waals surface area contributed by atoms with Crippen LogP contribution in [0.15, 0.2) is 0 Å². The van der Waals surface area contributed by atoms with Gasteiger partial charge in [-0.1, -0.05) is 70.6 Å². The molecule has 15 heavy (non-hydrogen) atoms. The van der Waals surface area contributed by atoms with E-state index in [1.807, 2.05) is 0 Å². The maximum atomic E-state index is 3.06. The fourth-order valence-corrected chi connectivity index (χ4v) is 3.02. The van der Waals surface area contributed by atoms with Crippen LogP contribution in [0, 0.1) is 0 Å². The zero-order chi connectivity index (χ0) is 10.8. The van der Waals surface area contributed by atoms with E-state index in [9.17, 15) is 0 Å². The van der Waals surface area contributed by atoms with E-state index in [4.69, 9.17) is 0 Å². The van der Waals surface area contributed by atoms with Gasteiger partial charge >= 0.3 is 0 Å². The zero-order valence-electron chi connectivity index (χ0n) is 10.3. The Morgan fingerprint density at radius 3 is 1.07 bits per heavy atom. The van der Waals surface area contributed by atoms with Crippen molar-refractivity contribution >= 4 is 9.24 Å². The van der Waals surface area contributed by atoms with E-state index in [0.29, 0.717) is 0 Å². The monoisotopic (exact) mass is 228 g/mol. The Morgan fingerprint density at radius 2 is 0.733 bits per heavy atom. The maximum Gasteiger partial charge on any atom is -0.0264 e. The highest BCUT2D eigenvalue weighted by Gasteiger charge is 2.03. The summed E-state index contributed by atoms with van der Waals surface area (Å²) in [5, 5.41) is 0. The SMILES string of the molecule is PC1CCCCCCCCCCCCC1. The third-order valence-electron chi connectivity index (χ3n) is 3.65. The predicted octanol–water partition coefficient (Wildman–Crippen LogP) is 5.32. The van der Waals surface area contributed by atoms with Crippen molar-refractivity contribution in [2.75, 3.05) is 0 Å². The van der Waals surface area contributed by atoms with Crippen molar-refractivity contribution in [2.45, 2.75) is 89.1 Å². The van der Waals surface area contributed by atoms with E-state index < -0.39 is 0 Å². The van der Waals surface area contributed by atoms with E-state index in [1.54, 1.807) is 0 Å². The van der Waals surface area contributed by atoms with Crippen LogP contribution in [0.3, 0.4) is 0 Å². The summed E-state index contributed by atoms with van der Waals surface area (Å²) in [7, 11) is 3.06. The summed E-state index contributed by atoms with van der Waals surface area (Å²) in [5.41, 5.74) is 0.910. The first-order valence-corrected chi connectivity index (χ1v) is 7.82. The fourth-order valence-electron chi connectivity index (χ4n) is 2.55. The second-order valence-corrected chi connectivity index (χ2v) is 6.17. The third kappa shape index (κ3) is 8.26. The molecule has 0 nitrogen and oxygen atoms in total. The molecule has 0 saturated heterocycles. The Balaban J connectivity index is 2.10. The molecule has 0 amide bonds. The van der Waals surface area contributed by atoms with Gasteiger partial charge in [-0.3, -0.25) is 0 Å². The van der Waals surface area contributed by atoms with E-state index in [-0.39, 0.29) is 0 Å². The molecule has 0 spiro atoms. The first kappa shape index (κ1) is 13.5. The molecule has 0 N–H and O–H groups in total. The molecule has 1 fully saturated rings. The average molecular weight is 228 g/mol. The highest BCUT2D eigenvalue weighted by Crippen LogP contribution is 2.20. The van der Waals surface area contributed by atoms with Crippen LogP contribution in [0.1, 0.15) is 83.5 Å². The van der Waals surface area contributed by atoms with Crippen molar-refractivity contribution in [3.05, 3.63) is 0 Å². The molecule has 1 aliphatic rings. The van der Waals surface area contributed by atoms with E-state index in [2.05, 4.69) is 9.24 Å². The molecular weight excluding hydrogens is 199 g/mol. The first-order chi connectivity index (χ1) is 7.39. The minimum Gasteiger partial charge on any atom is -0.134 e. The van der Waals surface area contributed by atoms with Gasteiger partial charge in [-0.2, -0.15) is 0 Å². The van der Waals surface area contributed by atoms with Gasteiger partial charge in [0.1, 0.15) is 0 Å². The summed E-state index contributed by atoms with van der Waals surface area (Å²) in [6.07, 6.45) is 19.2. The van der Waals surface area contributed by atoms with Crippen molar-refractivity contribution in [1.29, 1.82) is 0 Å². The quantitative estimate of drug-likeness (QED) is 0.492. The van der Waals surface area contributed by atoms with Crippen LogP contribution in [0.2, 0.25) is 0 Å². The van der Waals surface area contributed by atoms with Gasteiger partial charge in [0.25, 0.3) is 0 Å². The van der Waals surface area contributed by atoms with Gasteiger partial charge in [0.05, 0.1) is 0 Å². The molecule has 1 saturated carbocycles. The van der Waals surface area contributed by atoms with Gasteiger partial charge in [0.15, 0.2) is 0 Å². The third-order valence-corrected chi connectivity index (χ3v) is 4.32. The number of hydrogen-bond donors (Lipinski definition) is 0. The zero-order valence-corrected chi connectivity index (χ0v) is 11.5. The van der Waals surface area contributed by atoms with Crippen LogP contribution in [0.5, 0.6) is 0 Å². The lowest BCUT2D eigenvalue weighted by Crippen LogP contribution is -1.98. The van der Waals surface area contributed by atoms with Crippen molar-refractivity contribution in [2.24, 2.45) is 0 Å². The fraction of sp³-hybridized carbons (Fsp3) is 1.00. The second kappa shape index (κ2) is 9.64. The molecule has 1 unspecified atom stereocenters. The lowest BCUT2D eigenvalue weighted by Gasteiger charge is -2.11. The Bertz CT molecular complexity index is 119. The van der Waals surface area contributed by atoms with Crippen molar-refractivity contribution in [3.8, 4) is 0 Å². The molecule has 90 valence electrons. The van der Waals surface area contributed by atoms with Crippen molar-refractivity contribution < 1.29 is 0 Å². The molecule has 0 aromatic rings. The molecule has 1 aliphatic carbocycles. The summed E-state index contributed by atoms with van der Waals surface area (Å²) in [4.78, 5) is 0. The summed E-state index contributed by atoms with van der Waals surface area (Å²) in [6.45, 7) is 0. The number of rotatable bonds is 0. The Hall–Kier alpha value is 0.430. The van der Waals surface area contributed by atoms with E-state index >= 15 is 0 Å². The minimum atomic E-state index is 0.910. The molecule has 0 heterocycles. The summed E-state index contributed by atoms with van der Waals surface area (Å²) in [5.74, 6) is 0. The van der Waals surface area contributed by atoms with Crippen LogP contribution < -0.4 is 0 Å². The maximum absolute atomic E-state index is 3.06. The molecule has 0 bridgehead atoms. The van der Waals surface area contributed by atoms with Gasteiger partial charge in [-0.05, 0) is 18.5 Å². The second-order valence-electron chi connectivity index (χ2n) is 5.23. The molecule has 1 heteroatoms. The summed E-state index contributed by atoms with van der Waals surface area (Å²) < 4.78 is 0. The number of hydrogen-bond acceptors (Lipinski definition) is 0. The van der Waals surface area contributed by atoms with E-state index in [0.717, 1.165) is 5.66 Å². The topological polar surface area (TPSA) is 0 Å². The summed E-state index contributed by atoms with van der Waals surface area (Å²) in [6, 6.07) is 0. The van der Waals surface area contributed by atoms with Gasteiger partial charge in [-0.15, -0.1) is 9.24 Å². The van der Waals surface area contributed by atoms with Gasteiger partial charge < -0.3 is 0 Å². The molecule has 1 atom stereocenters. The molecule has 0 aliphatic heterocycles. The smallest absolute Gasteiger partial charge is 0.0264 e. The summed E-state index contributed by atoms with van der Waals surface area (Å²) >= 11 is 0. The van der Waals surface area contributed by atoms with Crippen LogP contribution >= 0.6 is 9.24 Å². The van der Waals surface area contributed by atoms with Crippen LogP contribution in [0.25, 0.3) is 0 Å². The highest BCUT2D eigenvalue weighted by atomic mass is 31.0. The molecule has 0 aromatic carbocycles. The first-order valence-electron chi connectivity index (χ1n) is 7.15. The highest BCUT2D eigenvalue weighted by molar-refractivity contribution is 7.17. The standard InChI is InChI=1S/C14H29P/c15-14-12-10-8-6-4-2-1-3-5-7-9-11-13-14/h14H,1-13,15H2. The Morgan fingerprint density at radius 1 is 0.467 bits per heavy atom. The predicted molar refractivity (Wildman–Crippen MR) is 73.5 cm³/mol. The van der Waals surface area contributed by atoms with Crippen molar-refractivity contribution in [1.82, 2.24) is 0 Å². The van der Waals surface area contributed by atoms with Crippen LogP contribution in [-0.2, 0) is 0 Å². The van der Waals surface area contributed by atoms with Crippen LogP contribution in [0.4, 0.5) is 0 Å². The largest absolute Gasteiger partial charge is 0.134 e.